The van der Waals surface area contributed by atoms with Gasteiger partial charge in [0.2, 0.25) is 0 Å². The van der Waals surface area contributed by atoms with Crippen LogP contribution in [0.5, 0.6) is 0 Å². The zero-order valence-corrected chi connectivity index (χ0v) is 14.9. The number of anilines is 1. The minimum Gasteiger partial charge on any atom is -0.379 e. The number of pyridine rings is 1. The Hall–Kier alpha value is -2.58. The fraction of sp³-hybridized carbons (Fsp3) is 0.444. The van der Waals surface area contributed by atoms with Gasteiger partial charge in [-0.3, -0.25) is 14.7 Å². The first kappa shape index (κ1) is 18.2. The lowest BCUT2D eigenvalue weighted by Gasteiger charge is -2.26. The van der Waals surface area contributed by atoms with E-state index in [9.17, 15) is 4.79 Å². The SMILES string of the molecule is Cc1nc(NCCN2CCOCC2)cc(C(=O)NCc2cccnc2)n1. The maximum absolute atomic E-state index is 12.4. The lowest BCUT2D eigenvalue weighted by Crippen LogP contribution is -2.39. The van der Waals surface area contributed by atoms with Crippen molar-refractivity contribution < 1.29 is 9.53 Å². The smallest absolute Gasteiger partial charge is 0.270 e. The summed E-state index contributed by atoms with van der Waals surface area (Å²) in [5.41, 5.74) is 1.30. The number of carbonyl (C=O) groups is 1. The molecule has 0 spiro atoms. The second-order valence-electron chi connectivity index (χ2n) is 6.11. The van der Waals surface area contributed by atoms with Gasteiger partial charge in [0.05, 0.1) is 13.2 Å². The van der Waals surface area contributed by atoms with Gasteiger partial charge < -0.3 is 15.4 Å². The maximum atomic E-state index is 12.4. The van der Waals surface area contributed by atoms with Gasteiger partial charge in [-0.1, -0.05) is 6.07 Å². The Bertz CT molecular complexity index is 719. The molecule has 0 aliphatic carbocycles. The van der Waals surface area contributed by atoms with Crippen LogP contribution in [0.25, 0.3) is 0 Å². The molecule has 0 radical (unpaired) electrons. The molecule has 0 unspecified atom stereocenters. The number of ether oxygens (including phenoxy) is 1. The summed E-state index contributed by atoms with van der Waals surface area (Å²) >= 11 is 0. The third-order valence-electron chi connectivity index (χ3n) is 4.08. The first-order chi connectivity index (χ1) is 12.7. The standard InChI is InChI=1S/C18H24N6O2/c1-14-22-16(18(25)21-13-15-3-2-4-19-12-15)11-17(23-14)20-5-6-24-7-9-26-10-8-24/h2-4,11-12H,5-10,13H2,1H3,(H,21,25)(H,20,22,23). The molecule has 1 aliphatic rings. The molecule has 138 valence electrons. The molecule has 8 heteroatoms. The average molecular weight is 356 g/mol. The monoisotopic (exact) mass is 356 g/mol. The second kappa shape index (κ2) is 9.21. The molecule has 8 nitrogen and oxygen atoms in total. The minimum atomic E-state index is -0.226. The number of aromatic nitrogens is 3. The predicted octanol–water partition coefficient (Wildman–Crippen LogP) is 0.854. The van der Waals surface area contributed by atoms with Crippen LogP contribution in [0.2, 0.25) is 0 Å². The van der Waals surface area contributed by atoms with Gasteiger partial charge in [-0.05, 0) is 18.6 Å². The molecule has 0 atom stereocenters. The number of nitrogens with one attached hydrogen (secondary N) is 2. The molecule has 3 rings (SSSR count). The largest absolute Gasteiger partial charge is 0.379 e. The van der Waals surface area contributed by atoms with Gasteiger partial charge in [-0.15, -0.1) is 0 Å². The first-order valence-corrected chi connectivity index (χ1v) is 8.77. The molecule has 0 saturated carbocycles. The van der Waals surface area contributed by atoms with Crippen LogP contribution in [0, 0.1) is 6.92 Å². The van der Waals surface area contributed by atoms with Crippen molar-refractivity contribution >= 4 is 11.7 Å². The molecule has 0 aromatic carbocycles. The topological polar surface area (TPSA) is 92.3 Å². The van der Waals surface area contributed by atoms with Crippen molar-refractivity contribution in [3.63, 3.8) is 0 Å². The third-order valence-corrected chi connectivity index (χ3v) is 4.08. The number of hydrogen-bond donors (Lipinski definition) is 2. The summed E-state index contributed by atoms with van der Waals surface area (Å²) in [6.45, 7) is 7.34. The van der Waals surface area contributed by atoms with E-state index in [1.165, 1.54) is 0 Å². The third kappa shape index (κ3) is 5.47. The molecule has 2 aromatic rings. The molecular weight excluding hydrogens is 332 g/mol. The second-order valence-corrected chi connectivity index (χ2v) is 6.11. The molecule has 26 heavy (non-hydrogen) atoms. The van der Waals surface area contributed by atoms with Gasteiger partial charge >= 0.3 is 0 Å². The highest BCUT2D eigenvalue weighted by Crippen LogP contribution is 2.07. The Labute approximate surface area is 153 Å². The highest BCUT2D eigenvalue weighted by Gasteiger charge is 2.12. The fourth-order valence-electron chi connectivity index (χ4n) is 2.72. The number of hydrogen-bond acceptors (Lipinski definition) is 7. The Morgan fingerprint density at radius 2 is 2.15 bits per heavy atom. The Kier molecular flexibility index (Phi) is 6.45. The van der Waals surface area contributed by atoms with Gasteiger partial charge in [0, 0.05) is 51.2 Å². The quantitative estimate of drug-likeness (QED) is 0.760. The normalized spacial score (nSPS) is 14.8. The van der Waals surface area contributed by atoms with Crippen LogP contribution in [0.4, 0.5) is 5.82 Å². The number of nitrogens with zero attached hydrogens (tertiary/aromatic N) is 4. The van der Waals surface area contributed by atoms with Gasteiger partial charge in [0.15, 0.2) is 0 Å². The van der Waals surface area contributed by atoms with Crippen LogP contribution in [0.3, 0.4) is 0 Å². The van der Waals surface area contributed by atoms with E-state index in [0.717, 1.165) is 45.0 Å². The summed E-state index contributed by atoms with van der Waals surface area (Å²) in [4.78, 5) is 27.3. The summed E-state index contributed by atoms with van der Waals surface area (Å²) in [5.74, 6) is 1.00. The Balaban J connectivity index is 1.53. The van der Waals surface area contributed by atoms with Gasteiger partial charge in [0.25, 0.3) is 5.91 Å². The van der Waals surface area contributed by atoms with Crippen molar-refractivity contribution in [1.29, 1.82) is 0 Å². The number of amides is 1. The Morgan fingerprint density at radius 3 is 2.92 bits per heavy atom. The number of carbonyl (C=O) groups excluding carboxylic acids is 1. The fourth-order valence-corrected chi connectivity index (χ4v) is 2.72. The molecule has 2 N–H and O–H groups in total. The van der Waals surface area contributed by atoms with E-state index < -0.39 is 0 Å². The summed E-state index contributed by atoms with van der Waals surface area (Å²) in [6, 6.07) is 5.44. The summed E-state index contributed by atoms with van der Waals surface area (Å²) in [7, 11) is 0. The highest BCUT2D eigenvalue weighted by atomic mass is 16.5. The molecule has 1 aliphatic heterocycles. The minimum absolute atomic E-state index is 0.226. The van der Waals surface area contributed by atoms with Crippen molar-refractivity contribution in [2.75, 3.05) is 44.7 Å². The van der Waals surface area contributed by atoms with Gasteiger partial charge in [0.1, 0.15) is 17.3 Å². The van der Waals surface area contributed by atoms with Crippen LogP contribution in [0.1, 0.15) is 21.9 Å². The van der Waals surface area contributed by atoms with Crippen LogP contribution < -0.4 is 10.6 Å². The number of aryl methyl sites for hydroxylation is 1. The predicted molar refractivity (Wildman–Crippen MR) is 97.9 cm³/mol. The van der Waals surface area contributed by atoms with Gasteiger partial charge in [-0.25, -0.2) is 9.97 Å². The molecule has 1 fully saturated rings. The van der Waals surface area contributed by atoms with E-state index in [2.05, 4.69) is 30.5 Å². The van der Waals surface area contributed by atoms with Crippen molar-refractivity contribution in [3.05, 3.63) is 47.7 Å². The van der Waals surface area contributed by atoms with Crippen molar-refractivity contribution in [1.82, 2.24) is 25.2 Å². The molecule has 0 bridgehead atoms. The molecule has 1 saturated heterocycles. The van der Waals surface area contributed by atoms with Gasteiger partial charge in [-0.2, -0.15) is 0 Å². The first-order valence-electron chi connectivity index (χ1n) is 8.77. The summed E-state index contributed by atoms with van der Waals surface area (Å²) in [5, 5.41) is 6.14. The number of rotatable bonds is 7. The lowest BCUT2D eigenvalue weighted by molar-refractivity contribution is 0.0398. The molecular formula is C18H24N6O2. The van der Waals surface area contributed by atoms with Crippen LogP contribution in [-0.2, 0) is 11.3 Å². The average Bonchev–Trinajstić information content (AvgIpc) is 2.67. The van der Waals surface area contributed by atoms with Crippen LogP contribution >= 0.6 is 0 Å². The molecule has 1 amide bonds. The zero-order valence-electron chi connectivity index (χ0n) is 14.9. The van der Waals surface area contributed by atoms with Crippen LogP contribution in [-0.4, -0.2) is 65.2 Å². The highest BCUT2D eigenvalue weighted by molar-refractivity contribution is 5.92. The number of morpholine rings is 1. The van der Waals surface area contributed by atoms with Crippen molar-refractivity contribution in [2.24, 2.45) is 0 Å². The van der Waals surface area contributed by atoms with Crippen molar-refractivity contribution in [3.8, 4) is 0 Å². The summed E-state index contributed by atoms with van der Waals surface area (Å²) < 4.78 is 5.35. The molecule has 3 heterocycles. The van der Waals surface area contributed by atoms with E-state index in [4.69, 9.17) is 4.74 Å². The lowest BCUT2D eigenvalue weighted by atomic mass is 10.2. The Morgan fingerprint density at radius 1 is 1.31 bits per heavy atom. The van der Waals surface area contributed by atoms with Crippen LogP contribution in [0.15, 0.2) is 30.6 Å². The maximum Gasteiger partial charge on any atom is 0.270 e. The van der Waals surface area contributed by atoms with E-state index in [1.807, 2.05) is 12.1 Å². The van der Waals surface area contributed by atoms with E-state index in [1.54, 1.807) is 25.4 Å². The molecule has 2 aromatic heterocycles. The van der Waals surface area contributed by atoms with Crippen molar-refractivity contribution in [2.45, 2.75) is 13.5 Å². The summed E-state index contributed by atoms with van der Waals surface area (Å²) in [6.07, 6.45) is 3.43. The zero-order chi connectivity index (χ0) is 18.2. The van der Waals surface area contributed by atoms with E-state index >= 15 is 0 Å². The van der Waals surface area contributed by atoms with E-state index in [-0.39, 0.29) is 5.91 Å². The van der Waals surface area contributed by atoms with E-state index in [0.29, 0.717) is 23.9 Å².